The molecule has 2 fully saturated rings. The van der Waals surface area contributed by atoms with E-state index < -0.39 is 12.7 Å². The number of carbonyl (C=O) groups is 1. The van der Waals surface area contributed by atoms with Gasteiger partial charge in [0.15, 0.2) is 0 Å². The number of carbonyl (C=O) groups excluding carboxylic acids is 1. The van der Waals surface area contributed by atoms with Crippen molar-refractivity contribution in [3.63, 3.8) is 0 Å². The van der Waals surface area contributed by atoms with Crippen molar-refractivity contribution in [2.45, 2.75) is 44.3 Å². The third kappa shape index (κ3) is 6.83. The zero-order valence-corrected chi connectivity index (χ0v) is 21.4. The van der Waals surface area contributed by atoms with Gasteiger partial charge >= 0.3 is 6.18 Å². The van der Waals surface area contributed by atoms with Crippen LogP contribution in [0.15, 0.2) is 71.5 Å². The molecule has 1 unspecified atom stereocenters. The smallest absolute Gasteiger partial charge is 0.339 e. The van der Waals surface area contributed by atoms with Gasteiger partial charge in [-0.3, -0.25) is 9.59 Å². The Morgan fingerprint density at radius 2 is 2.00 bits per heavy atom. The highest BCUT2D eigenvalue weighted by atomic mass is 19.4. The standard InChI is InChI=1S/C28H35F3N4O2/c1-19-6-4-5-7-20(2)34(18-28(29,30)31)16-22(19)17-35(23-8-9-23)27(37)25-15-32-12-10-24(25)21-11-13-33(3)26(36)14-21/h4-7,11,13-14,16,19,23-25,32H,2,8-10,12,15,17-18H2,1,3H3/b6-4-,7-5-,22-16-/t19?,24-,25+/m1/s1. The van der Waals surface area contributed by atoms with Gasteiger partial charge in [-0.05, 0) is 60.9 Å². The molecule has 4 rings (SSSR count). The predicted octanol–water partition coefficient (Wildman–Crippen LogP) is 4.09. The van der Waals surface area contributed by atoms with Crippen LogP contribution in [0, 0.1) is 11.8 Å². The quantitative estimate of drug-likeness (QED) is 0.619. The van der Waals surface area contributed by atoms with Crippen LogP contribution < -0.4 is 10.9 Å². The summed E-state index contributed by atoms with van der Waals surface area (Å²) < 4.78 is 41.6. The van der Waals surface area contributed by atoms with E-state index in [9.17, 15) is 22.8 Å². The lowest BCUT2D eigenvalue weighted by molar-refractivity contribution is -0.138. The second-order valence-electron chi connectivity index (χ2n) is 10.3. The Hall–Kier alpha value is -3.07. The molecule has 1 aliphatic carbocycles. The summed E-state index contributed by atoms with van der Waals surface area (Å²) in [7, 11) is 1.69. The van der Waals surface area contributed by atoms with Gasteiger partial charge in [-0.2, -0.15) is 13.2 Å². The average molecular weight is 517 g/mol. The molecule has 1 aromatic rings. The summed E-state index contributed by atoms with van der Waals surface area (Å²) in [6, 6.07) is 3.58. The summed E-state index contributed by atoms with van der Waals surface area (Å²) in [5, 5.41) is 3.32. The number of nitrogens with one attached hydrogen (secondary N) is 1. The van der Waals surface area contributed by atoms with E-state index in [0.717, 1.165) is 41.8 Å². The maximum atomic E-state index is 14.0. The van der Waals surface area contributed by atoms with Crippen molar-refractivity contribution >= 4 is 5.91 Å². The van der Waals surface area contributed by atoms with Crippen LogP contribution >= 0.6 is 0 Å². The van der Waals surface area contributed by atoms with Crippen LogP contribution in [0.3, 0.4) is 0 Å². The molecule has 6 nitrogen and oxygen atoms in total. The van der Waals surface area contributed by atoms with Gasteiger partial charge in [0.1, 0.15) is 6.54 Å². The zero-order chi connectivity index (χ0) is 26.7. The maximum Gasteiger partial charge on any atom is 0.406 e. The highest BCUT2D eigenvalue weighted by Gasteiger charge is 2.41. The van der Waals surface area contributed by atoms with Gasteiger partial charge < -0.3 is 19.7 Å². The summed E-state index contributed by atoms with van der Waals surface area (Å²) in [4.78, 5) is 29.3. The first-order valence-electron chi connectivity index (χ1n) is 12.8. The third-order valence-corrected chi connectivity index (χ3v) is 7.40. The predicted molar refractivity (Wildman–Crippen MR) is 138 cm³/mol. The number of rotatable bonds is 6. The van der Waals surface area contributed by atoms with E-state index >= 15 is 0 Å². The Morgan fingerprint density at radius 1 is 1.24 bits per heavy atom. The average Bonchev–Trinajstić information content (AvgIpc) is 3.68. The van der Waals surface area contributed by atoms with Crippen LogP contribution in [-0.4, -0.2) is 58.7 Å². The molecule has 3 atom stereocenters. The fourth-order valence-corrected chi connectivity index (χ4v) is 5.04. The number of pyridine rings is 1. The minimum Gasteiger partial charge on any atom is -0.339 e. The number of halogens is 3. The molecule has 1 saturated carbocycles. The summed E-state index contributed by atoms with van der Waals surface area (Å²) >= 11 is 0. The molecule has 0 spiro atoms. The minimum atomic E-state index is -4.40. The number of aromatic nitrogens is 1. The second-order valence-corrected chi connectivity index (χ2v) is 10.3. The van der Waals surface area contributed by atoms with Crippen molar-refractivity contribution in [1.82, 2.24) is 19.7 Å². The van der Waals surface area contributed by atoms with Crippen LogP contribution in [0.4, 0.5) is 13.2 Å². The van der Waals surface area contributed by atoms with Crippen LogP contribution in [0.2, 0.25) is 0 Å². The molecule has 1 N–H and O–H groups in total. The molecule has 3 aliphatic rings. The Bertz CT molecular complexity index is 1160. The van der Waals surface area contributed by atoms with Crippen molar-refractivity contribution < 1.29 is 18.0 Å². The van der Waals surface area contributed by atoms with E-state index in [1.54, 1.807) is 37.5 Å². The van der Waals surface area contributed by atoms with E-state index in [1.807, 2.05) is 24.0 Å². The maximum absolute atomic E-state index is 14.0. The third-order valence-electron chi connectivity index (χ3n) is 7.40. The number of hydrogen-bond donors (Lipinski definition) is 1. The Morgan fingerprint density at radius 3 is 2.68 bits per heavy atom. The molecule has 0 aromatic carbocycles. The molecule has 37 heavy (non-hydrogen) atoms. The molecule has 0 radical (unpaired) electrons. The van der Waals surface area contributed by atoms with Gasteiger partial charge in [0.25, 0.3) is 5.56 Å². The lowest BCUT2D eigenvalue weighted by atomic mass is 9.80. The number of piperidine rings is 1. The van der Waals surface area contributed by atoms with E-state index in [1.165, 1.54) is 10.8 Å². The minimum absolute atomic E-state index is 0.0170. The normalized spacial score (nSPS) is 27.9. The fraction of sp³-hybridized carbons (Fsp3) is 0.500. The van der Waals surface area contributed by atoms with Crippen LogP contribution in [0.25, 0.3) is 0 Å². The molecular formula is C28H35F3N4O2. The molecule has 1 aromatic heterocycles. The number of alkyl halides is 3. The lowest BCUT2D eigenvalue weighted by Gasteiger charge is -2.36. The lowest BCUT2D eigenvalue weighted by Crippen LogP contribution is -2.48. The van der Waals surface area contributed by atoms with E-state index in [2.05, 4.69) is 11.9 Å². The number of aryl methyl sites for hydroxylation is 1. The van der Waals surface area contributed by atoms with Gasteiger partial charge in [-0.15, -0.1) is 0 Å². The highest BCUT2D eigenvalue weighted by molar-refractivity contribution is 5.81. The Kier molecular flexibility index (Phi) is 8.11. The molecule has 200 valence electrons. The monoisotopic (exact) mass is 516 g/mol. The van der Waals surface area contributed by atoms with Gasteiger partial charge in [0.2, 0.25) is 5.91 Å². The largest absolute Gasteiger partial charge is 0.406 e. The molecule has 3 heterocycles. The Balaban J connectivity index is 1.63. The van der Waals surface area contributed by atoms with Gasteiger partial charge in [-0.25, -0.2) is 0 Å². The number of nitrogens with zero attached hydrogens (tertiary/aromatic N) is 3. The van der Waals surface area contributed by atoms with Gasteiger partial charge in [0.05, 0.1) is 5.92 Å². The van der Waals surface area contributed by atoms with E-state index in [-0.39, 0.29) is 47.5 Å². The van der Waals surface area contributed by atoms with E-state index in [0.29, 0.717) is 6.54 Å². The zero-order valence-electron chi connectivity index (χ0n) is 21.4. The van der Waals surface area contributed by atoms with Crippen molar-refractivity contribution in [3.05, 3.63) is 82.6 Å². The van der Waals surface area contributed by atoms with Crippen LogP contribution in [0.5, 0.6) is 0 Å². The van der Waals surface area contributed by atoms with E-state index in [4.69, 9.17) is 0 Å². The number of amides is 1. The van der Waals surface area contributed by atoms with Crippen molar-refractivity contribution in [1.29, 1.82) is 0 Å². The number of allylic oxidation sites excluding steroid dienone is 4. The first-order valence-corrected chi connectivity index (χ1v) is 12.8. The Labute approximate surface area is 215 Å². The fourth-order valence-electron chi connectivity index (χ4n) is 5.04. The van der Waals surface area contributed by atoms with Crippen molar-refractivity contribution in [2.24, 2.45) is 18.9 Å². The molecule has 2 aliphatic heterocycles. The molecule has 1 amide bonds. The first kappa shape index (κ1) is 27.0. The number of hydrogen-bond acceptors (Lipinski definition) is 4. The summed E-state index contributed by atoms with van der Waals surface area (Å²) in [5.74, 6) is -0.636. The first-order chi connectivity index (χ1) is 17.5. The van der Waals surface area contributed by atoms with Gasteiger partial charge in [0, 0.05) is 50.3 Å². The SMILES string of the molecule is C=C1/C=C\C=C/C(C)/C(CN(C(=O)[C@H]2CNCC[C@@H]2c2ccn(C)c(=O)c2)C2CC2)=C\N1CC(F)(F)F. The van der Waals surface area contributed by atoms with Gasteiger partial charge in [-0.1, -0.05) is 31.7 Å². The molecule has 9 heteroatoms. The van der Waals surface area contributed by atoms with Crippen LogP contribution in [0.1, 0.15) is 37.7 Å². The second kappa shape index (κ2) is 11.1. The molecular weight excluding hydrogens is 481 g/mol. The summed E-state index contributed by atoms with van der Waals surface area (Å²) in [5.41, 5.74) is 1.70. The summed E-state index contributed by atoms with van der Waals surface area (Å²) in [6.45, 7) is 6.09. The highest BCUT2D eigenvalue weighted by Crippen LogP contribution is 2.36. The molecule has 0 bridgehead atoms. The molecule has 1 saturated heterocycles. The topological polar surface area (TPSA) is 57.6 Å². The van der Waals surface area contributed by atoms with Crippen LogP contribution in [-0.2, 0) is 11.8 Å². The van der Waals surface area contributed by atoms with Crippen molar-refractivity contribution in [2.75, 3.05) is 26.2 Å². The van der Waals surface area contributed by atoms with Crippen molar-refractivity contribution in [3.8, 4) is 0 Å². The summed E-state index contributed by atoms with van der Waals surface area (Å²) in [6.07, 6.45) is 8.30.